The largest absolute Gasteiger partial charge is 0.273 e. The van der Waals surface area contributed by atoms with E-state index in [4.69, 9.17) is 0 Å². The Morgan fingerprint density at radius 3 is 2.14 bits per heavy atom. The van der Waals surface area contributed by atoms with Crippen LogP contribution in [0.1, 0.15) is 25.0 Å². The van der Waals surface area contributed by atoms with E-state index >= 15 is 0 Å². The van der Waals surface area contributed by atoms with Gasteiger partial charge < -0.3 is 0 Å². The van der Waals surface area contributed by atoms with Gasteiger partial charge in [-0.3, -0.25) is 20.4 Å². The summed E-state index contributed by atoms with van der Waals surface area (Å²) in [5, 5.41) is 0. The molecule has 154 valence electrons. The number of carbonyl (C=O) groups excluding carboxylic acids is 2. The van der Waals surface area contributed by atoms with Crippen LogP contribution in [-0.4, -0.2) is 37.6 Å². The molecule has 2 N–H and O–H groups in total. The minimum atomic E-state index is -3.51. The molecule has 0 saturated carbocycles. The quantitative estimate of drug-likeness (QED) is 0.510. The monoisotopic (exact) mass is 415 g/mol. The Bertz CT molecular complexity index is 951. The van der Waals surface area contributed by atoms with Crippen molar-refractivity contribution in [1.29, 1.82) is 0 Å². The molecule has 0 atom stereocenters. The van der Waals surface area contributed by atoms with Gasteiger partial charge in [0.25, 0.3) is 5.91 Å². The van der Waals surface area contributed by atoms with Crippen LogP contribution in [0.5, 0.6) is 0 Å². The first-order chi connectivity index (χ1) is 13.9. The summed E-state index contributed by atoms with van der Waals surface area (Å²) in [6, 6.07) is 15.4. The van der Waals surface area contributed by atoms with Gasteiger partial charge in [0.2, 0.25) is 15.9 Å². The Balaban J connectivity index is 1.89. The van der Waals surface area contributed by atoms with Crippen molar-refractivity contribution in [3.05, 3.63) is 71.8 Å². The zero-order valence-corrected chi connectivity index (χ0v) is 17.3. The standard InChI is InChI=1S/C21H25N3O4S/c1-3-24(4-2)29(27,28)19-13-10-17(11-14-19)12-15-20(25)22-23-21(26)16-18-8-6-5-7-9-18/h5-15H,3-4,16H2,1-2H3,(H,22,25)(H,23,26)/b15-12+. The van der Waals surface area contributed by atoms with Crippen LogP contribution in [-0.2, 0) is 26.0 Å². The van der Waals surface area contributed by atoms with Crippen LogP contribution in [0.25, 0.3) is 6.08 Å². The maximum Gasteiger partial charge on any atom is 0.262 e. The van der Waals surface area contributed by atoms with E-state index in [0.29, 0.717) is 18.7 Å². The number of hydrogen-bond acceptors (Lipinski definition) is 4. The van der Waals surface area contributed by atoms with Crippen molar-refractivity contribution in [2.45, 2.75) is 25.2 Å². The number of hydrogen-bond donors (Lipinski definition) is 2. The Labute approximate surface area is 171 Å². The topological polar surface area (TPSA) is 95.6 Å². The average molecular weight is 416 g/mol. The Kier molecular flexibility index (Phi) is 8.11. The smallest absolute Gasteiger partial charge is 0.262 e. The van der Waals surface area contributed by atoms with Gasteiger partial charge in [0.1, 0.15) is 0 Å². The van der Waals surface area contributed by atoms with Crippen molar-refractivity contribution in [1.82, 2.24) is 15.2 Å². The van der Waals surface area contributed by atoms with Crippen molar-refractivity contribution >= 4 is 27.9 Å². The van der Waals surface area contributed by atoms with Crippen LogP contribution < -0.4 is 10.9 Å². The van der Waals surface area contributed by atoms with Crippen molar-refractivity contribution < 1.29 is 18.0 Å². The molecule has 2 aromatic rings. The second-order valence-electron chi connectivity index (χ2n) is 6.19. The summed E-state index contributed by atoms with van der Waals surface area (Å²) in [4.78, 5) is 23.9. The molecule has 2 amide bonds. The molecule has 8 heteroatoms. The zero-order valence-electron chi connectivity index (χ0n) is 16.5. The van der Waals surface area contributed by atoms with Crippen molar-refractivity contribution in [3.63, 3.8) is 0 Å². The number of nitrogens with zero attached hydrogens (tertiary/aromatic N) is 1. The molecule has 0 heterocycles. The molecular formula is C21H25N3O4S. The van der Waals surface area contributed by atoms with Crippen molar-refractivity contribution in [3.8, 4) is 0 Å². The van der Waals surface area contributed by atoms with E-state index in [0.717, 1.165) is 5.56 Å². The Morgan fingerprint density at radius 2 is 1.55 bits per heavy atom. The zero-order chi connectivity index (χ0) is 21.3. The average Bonchev–Trinajstić information content (AvgIpc) is 2.72. The fourth-order valence-electron chi connectivity index (χ4n) is 2.63. The highest BCUT2D eigenvalue weighted by atomic mass is 32.2. The SMILES string of the molecule is CCN(CC)S(=O)(=O)c1ccc(/C=C/C(=O)NNC(=O)Cc2ccccc2)cc1. The molecule has 7 nitrogen and oxygen atoms in total. The van der Waals surface area contributed by atoms with E-state index < -0.39 is 15.9 Å². The van der Waals surface area contributed by atoms with Gasteiger partial charge in [-0.2, -0.15) is 4.31 Å². The van der Waals surface area contributed by atoms with Crippen LogP contribution in [0, 0.1) is 0 Å². The van der Waals surface area contributed by atoms with E-state index in [1.165, 1.54) is 28.6 Å². The maximum atomic E-state index is 12.5. The first-order valence-corrected chi connectivity index (χ1v) is 10.7. The van der Waals surface area contributed by atoms with Crippen LogP contribution in [0.4, 0.5) is 0 Å². The van der Waals surface area contributed by atoms with E-state index in [9.17, 15) is 18.0 Å². The molecule has 0 aromatic heterocycles. The van der Waals surface area contributed by atoms with Gasteiger partial charge in [0, 0.05) is 19.2 Å². The van der Waals surface area contributed by atoms with Gasteiger partial charge in [-0.15, -0.1) is 0 Å². The summed E-state index contributed by atoms with van der Waals surface area (Å²) < 4.78 is 26.3. The highest BCUT2D eigenvalue weighted by molar-refractivity contribution is 7.89. The number of sulfonamides is 1. The third kappa shape index (κ3) is 6.55. The predicted octanol–water partition coefficient (Wildman–Crippen LogP) is 2.12. The normalized spacial score (nSPS) is 11.6. The molecule has 0 bridgehead atoms. The van der Waals surface area contributed by atoms with E-state index in [-0.39, 0.29) is 17.2 Å². The van der Waals surface area contributed by atoms with Gasteiger partial charge in [-0.25, -0.2) is 8.42 Å². The fourth-order valence-corrected chi connectivity index (χ4v) is 4.09. The lowest BCUT2D eigenvalue weighted by Crippen LogP contribution is -2.41. The number of benzene rings is 2. The lowest BCUT2D eigenvalue weighted by molar-refractivity contribution is -0.126. The minimum absolute atomic E-state index is 0.160. The number of hydrazine groups is 1. The highest BCUT2D eigenvalue weighted by Crippen LogP contribution is 2.16. The summed E-state index contributed by atoms with van der Waals surface area (Å²) in [5.41, 5.74) is 6.16. The van der Waals surface area contributed by atoms with Crippen LogP contribution in [0.2, 0.25) is 0 Å². The Hall–Kier alpha value is -2.97. The molecule has 0 aliphatic carbocycles. The number of amides is 2. The lowest BCUT2D eigenvalue weighted by Gasteiger charge is -2.18. The first-order valence-electron chi connectivity index (χ1n) is 9.27. The fraction of sp³-hybridized carbons (Fsp3) is 0.238. The molecule has 0 radical (unpaired) electrons. The van der Waals surface area contributed by atoms with E-state index in [2.05, 4.69) is 10.9 Å². The molecule has 2 rings (SSSR count). The first kappa shape index (κ1) is 22.3. The molecule has 0 spiro atoms. The second-order valence-corrected chi connectivity index (χ2v) is 8.13. The minimum Gasteiger partial charge on any atom is -0.273 e. The van der Waals surface area contributed by atoms with Gasteiger partial charge in [0.05, 0.1) is 11.3 Å². The molecule has 29 heavy (non-hydrogen) atoms. The van der Waals surface area contributed by atoms with Crippen LogP contribution in [0.15, 0.2) is 65.6 Å². The summed E-state index contributed by atoms with van der Waals surface area (Å²) in [6.45, 7) is 4.37. The molecule has 0 aliphatic rings. The van der Waals surface area contributed by atoms with Crippen molar-refractivity contribution in [2.75, 3.05) is 13.1 Å². The number of rotatable bonds is 8. The van der Waals surface area contributed by atoms with E-state index in [1.807, 2.05) is 30.3 Å². The molecular weight excluding hydrogens is 390 g/mol. The maximum absolute atomic E-state index is 12.5. The highest BCUT2D eigenvalue weighted by Gasteiger charge is 2.20. The molecule has 0 fully saturated rings. The molecule has 0 saturated heterocycles. The van der Waals surface area contributed by atoms with Gasteiger partial charge in [-0.05, 0) is 29.3 Å². The Morgan fingerprint density at radius 1 is 0.931 bits per heavy atom. The van der Waals surface area contributed by atoms with Crippen LogP contribution in [0.3, 0.4) is 0 Å². The summed E-state index contributed by atoms with van der Waals surface area (Å²) in [7, 11) is -3.51. The van der Waals surface area contributed by atoms with Crippen LogP contribution >= 0.6 is 0 Å². The number of carbonyl (C=O) groups is 2. The van der Waals surface area contributed by atoms with Gasteiger partial charge in [0.15, 0.2) is 0 Å². The van der Waals surface area contributed by atoms with Gasteiger partial charge in [-0.1, -0.05) is 56.3 Å². The summed E-state index contributed by atoms with van der Waals surface area (Å²) >= 11 is 0. The van der Waals surface area contributed by atoms with E-state index in [1.54, 1.807) is 26.0 Å². The molecule has 2 aromatic carbocycles. The second kappa shape index (κ2) is 10.5. The third-order valence-electron chi connectivity index (χ3n) is 4.18. The molecule has 0 unspecified atom stereocenters. The number of nitrogens with one attached hydrogen (secondary N) is 2. The molecule has 0 aliphatic heterocycles. The summed E-state index contributed by atoms with van der Waals surface area (Å²) in [6.07, 6.45) is 2.95. The summed E-state index contributed by atoms with van der Waals surface area (Å²) in [5.74, 6) is -0.824. The lowest BCUT2D eigenvalue weighted by atomic mass is 10.1. The van der Waals surface area contributed by atoms with Crippen molar-refractivity contribution in [2.24, 2.45) is 0 Å². The predicted molar refractivity (Wildman–Crippen MR) is 112 cm³/mol. The van der Waals surface area contributed by atoms with Gasteiger partial charge >= 0.3 is 0 Å². The third-order valence-corrected chi connectivity index (χ3v) is 6.25.